The summed E-state index contributed by atoms with van der Waals surface area (Å²) in [6.07, 6.45) is -4.83. The first-order chi connectivity index (χ1) is 6.29. The van der Waals surface area contributed by atoms with Crippen LogP contribution in [0, 0.1) is 0 Å². The van der Waals surface area contributed by atoms with Gasteiger partial charge in [0, 0.05) is 0 Å². The molecule has 0 rings (SSSR count). The summed E-state index contributed by atoms with van der Waals surface area (Å²) in [5.41, 5.74) is -3.24. The molecular weight excluding hydrogens is 198 g/mol. The van der Waals surface area contributed by atoms with Gasteiger partial charge < -0.3 is 39.9 Å². The molecule has 0 spiro atoms. The van der Waals surface area contributed by atoms with E-state index in [0.717, 1.165) is 0 Å². The Labute approximate surface area is 78.7 Å². The highest BCUT2D eigenvalue weighted by molar-refractivity contribution is 6.81. The van der Waals surface area contributed by atoms with E-state index in [2.05, 4.69) is 0 Å². The molecule has 10 heteroatoms. The standard InChI is InChI=1S/C4H8B2O8/c7-1(3(9)5(11)12)2(8)4(10)6(13)14/h1-2,7-8,11-14H. The number of carbonyl (C=O) groups excluding carboxylic acids is 2. The van der Waals surface area contributed by atoms with Crippen molar-refractivity contribution in [3.05, 3.63) is 0 Å². The molecule has 0 saturated heterocycles. The van der Waals surface area contributed by atoms with Crippen molar-refractivity contribution in [2.75, 3.05) is 0 Å². The first-order valence-corrected chi connectivity index (χ1v) is 3.45. The maximum atomic E-state index is 10.6. The topological polar surface area (TPSA) is 156 Å². The fourth-order valence-electron chi connectivity index (χ4n) is 0.617. The normalized spacial score (nSPS) is 14.4. The molecule has 0 aromatic heterocycles. The van der Waals surface area contributed by atoms with Crippen LogP contribution in [0.25, 0.3) is 0 Å². The van der Waals surface area contributed by atoms with E-state index in [0.29, 0.717) is 0 Å². The number of hydrogen-bond acceptors (Lipinski definition) is 8. The Kier molecular flexibility index (Phi) is 4.91. The van der Waals surface area contributed by atoms with Gasteiger partial charge in [-0.2, -0.15) is 0 Å². The van der Waals surface area contributed by atoms with E-state index in [1.165, 1.54) is 0 Å². The van der Waals surface area contributed by atoms with E-state index in [4.69, 9.17) is 30.3 Å². The molecule has 0 amide bonds. The van der Waals surface area contributed by atoms with Crippen LogP contribution in [-0.2, 0) is 9.59 Å². The van der Waals surface area contributed by atoms with E-state index in [9.17, 15) is 9.59 Å². The van der Waals surface area contributed by atoms with Gasteiger partial charge in [0.1, 0.15) is 12.2 Å². The molecule has 8 nitrogen and oxygen atoms in total. The summed E-state index contributed by atoms with van der Waals surface area (Å²) in [7, 11) is -5.11. The van der Waals surface area contributed by atoms with Crippen molar-refractivity contribution in [3.8, 4) is 0 Å². The zero-order valence-electron chi connectivity index (χ0n) is 6.81. The quantitative estimate of drug-likeness (QED) is 0.244. The molecule has 0 bridgehead atoms. The van der Waals surface area contributed by atoms with Crippen molar-refractivity contribution in [1.29, 1.82) is 0 Å². The lowest BCUT2D eigenvalue weighted by Crippen LogP contribution is -2.50. The third-order valence-electron chi connectivity index (χ3n) is 1.39. The average Bonchev–Trinajstić information content (AvgIpc) is 2.12. The number of carbonyl (C=O) groups is 2. The Bertz CT molecular complexity index is 203. The zero-order chi connectivity index (χ0) is 11.5. The fourth-order valence-corrected chi connectivity index (χ4v) is 0.617. The maximum Gasteiger partial charge on any atom is 0.529 e. The van der Waals surface area contributed by atoms with Gasteiger partial charge in [0.25, 0.3) is 0 Å². The van der Waals surface area contributed by atoms with Gasteiger partial charge in [-0.3, -0.25) is 0 Å². The number of hydrogen-bond donors (Lipinski definition) is 6. The van der Waals surface area contributed by atoms with E-state index in [1.54, 1.807) is 0 Å². The molecule has 0 aromatic carbocycles. The lowest BCUT2D eigenvalue weighted by atomic mass is 9.73. The van der Waals surface area contributed by atoms with E-state index in [1.807, 2.05) is 0 Å². The van der Waals surface area contributed by atoms with Crippen molar-refractivity contribution < 1.29 is 39.9 Å². The van der Waals surface area contributed by atoms with Crippen LogP contribution < -0.4 is 0 Å². The van der Waals surface area contributed by atoms with Crippen LogP contribution in [0.3, 0.4) is 0 Å². The number of aliphatic hydroxyl groups excluding tert-OH is 2. The highest BCUT2D eigenvalue weighted by Gasteiger charge is 2.39. The van der Waals surface area contributed by atoms with Gasteiger partial charge in [-0.1, -0.05) is 0 Å². The highest BCUT2D eigenvalue weighted by atomic mass is 16.4. The van der Waals surface area contributed by atoms with Crippen molar-refractivity contribution in [1.82, 2.24) is 0 Å². The number of aliphatic hydroxyl groups is 2. The minimum Gasteiger partial charge on any atom is -0.421 e. The first-order valence-electron chi connectivity index (χ1n) is 3.45. The second kappa shape index (κ2) is 5.20. The largest absolute Gasteiger partial charge is 0.529 e. The van der Waals surface area contributed by atoms with Gasteiger partial charge in [-0.15, -0.1) is 0 Å². The minimum atomic E-state index is -2.55. The summed E-state index contributed by atoms with van der Waals surface area (Å²) in [5, 5.41) is 50.7. The molecule has 0 aromatic rings. The first kappa shape index (κ1) is 13.2. The highest BCUT2D eigenvalue weighted by Crippen LogP contribution is 1.99. The monoisotopic (exact) mass is 206 g/mol. The zero-order valence-corrected chi connectivity index (χ0v) is 6.81. The SMILES string of the molecule is O=C(B(O)O)C(O)C(O)C(=O)B(O)O. The number of rotatable bonds is 5. The summed E-state index contributed by atoms with van der Waals surface area (Å²) in [6.45, 7) is 0. The van der Waals surface area contributed by atoms with Gasteiger partial charge in [-0.05, 0) is 0 Å². The summed E-state index contributed by atoms with van der Waals surface area (Å²) in [5.74, 6) is 0. The molecule has 0 heterocycles. The van der Waals surface area contributed by atoms with Crippen molar-refractivity contribution >= 4 is 25.6 Å². The van der Waals surface area contributed by atoms with Crippen LogP contribution >= 0.6 is 0 Å². The molecular formula is C4H8B2O8. The smallest absolute Gasteiger partial charge is 0.421 e. The van der Waals surface area contributed by atoms with Crippen LogP contribution in [0.4, 0.5) is 0 Å². The molecule has 0 aliphatic rings. The molecule has 0 radical (unpaired) electrons. The Morgan fingerprint density at radius 3 is 1.14 bits per heavy atom. The van der Waals surface area contributed by atoms with E-state index >= 15 is 0 Å². The molecule has 0 saturated carbocycles. The molecule has 14 heavy (non-hydrogen) atoms. The third kappa shape index (κ3) is 3.18. The van der Waals surface area contributed by atoms with E-state index in [-0.39, 0.29) is 0 Å². The molecule has 0 aliphatic heterocycles. The van der Waals surface area contributed by atoms with Gasteiger partial charge in [0.2, 0.25) is 0 Å². The Balaban J connectivity index is 4.46. The van der Waals surface area contributed by atoms with Crippen LogP contribution in [0.5, 0.6) is 0 Å². The second-order valence-corrected chi connectivity index (χ2v) is 2.44. The molecule has 6 N–H and O–H groups in total. The average molecular weight is 206 g/mol. The minimum absolute atomic E-state index is 1.62. The van der Waals surface area contributed by atoms with Crippen LogP contribution in [0.15, 0.2) is 0 Å². The van der Waals surface area contributed by atoms with Crippen molar-refractivity contribution in [2.24, 2.45) is 0 Å². The van der Waals surface area contributed by atoms with Gasteiger partial charge in [0.15, 0.2) is 11.4 Å². The molecule has 2 atom stereocenters. The summed E-state index contributed by atoms with van der Waals surface area (Å²) in [4.78, 5) is 21.2. The summed E-state index contributed by atoms with van der Waals surface area (Å²) < 4.78 is 0. The summed E-state index contributed by atoms with van der Waals surface area (Å²) in [6, 6.07) is 0. The lowest BCUT2D eigenvalue weighted by molar-refractivity contribution is -0.137. The Morgan fingerprint density at radius 1 is 0.786 bits per heavy atom. The van der Waals surface area contributed by atoms with Gasteiger partial charge in [0.05, 0.1) is 0 Å². The molecule has 2 unspecified atom stereocenters. The van der Waals surface area contributed by atoms with Gasteiger partial charge in [-0.25, -0.2) is 0 Å². The molecule has 0 fully saturated rings. The molecule has 0 aliphatic carbocycles. The van der Waals surface area contributed by atoms with Crippen LogP contribution in [0.1, 0.15) is 0 Å². The van der Waals surface area contributed by atoms with Crippen LogP contribution in [-0.4, -0.2) is 68.1 Å². The maximum absolute atomic E-state index is 10.6. The predicted octanol–water partition coefficient (Wildman–Crippen LogP) is -5.13. The molecule has 78 valence electrons. The third-order valence-corrected chi connectivity index (χ3v) is 1.39. The van der Waals surface area contributed by atoms with Gasteiger partial charge >= 0.3 is 14.2 Å². The Morgan fingerprint density at radius 2 is 1.00 bits per heavy atom. The second-order valence-electron chi connectivity index (χ2n) is 2.44. The lowest BCUT2D eigenvalue weighted by Gasteiger charge is -2.14. The van der Waals surface area contributed by atoms with E-state index < -0.39 is 37.8 Å². The predicted molar refractivity (Wildman–Crippen MR) is 42.4 cm³/mol. The van der Waals surface area contributed by atoms with Crippen molar-refractivity contribution in [3.63, 3.8) is 0 Å². The fraction of sp³-hybridized carbons (Fsp3) is 0.500. The van der Waals surface area contributed by atoms with Crippen molar-refractivity contribution in [2.45, 2.75) is 12.2 Å². The Hall–Kier alpha value is -0.770. The summed E-state index contributed by atoms with van der Waals surface area (Å²) >= 11 is 0. The van der Waals surface area contributed by atoms with Crippen LogP contribution in [0.2, 0.25) is 0 Å².